The monoisotopic (exact) mass is 289 g/mol. The summed E-state index contributed by atoms with van der Waals surface area (Å²) in [5.74, 6) is 0.535. The third kappa shape index (κ3) is 2.77. The largest absolute Gasteiger partial charge is 0.312 e. The van der Waals surface area contributed by atoms with E-state index in [4.69, 9.17) is 0 Å². The molecule has 0 aliphatic heterocycles. The Labute approximate surface area is 123 Å². The summed E-state index contributed by atoms with van der Waals surface area (Å²) < 4.78 is 1.82. The fourth-order valence-corrected chi connectivity index (χ4v) is 3.08. The Morgan fingerprint density at radius 2 is 1.90 bits per heavy atom. The Bertz CT molecular complexity index is 661. The summed E-state index contributed by atoms with van der Waals surface area (Å²) >= 11 is 1.42. The normalized spacial score (nSPS) is 10.8. The molecule has 0 aliphatic rings. The number of carbonyl (C=O) groups excluding carboxylic acids is 1. The summed E-state index contributed by atoms with van der Waals surface area (Å²) in [6, 6.07) is 2.09. The first kappa shape index (κ1) is 14.8. The second kappa shape index (κ2) is 5.79. The summed E-state index contributed by atoms with van der Waals surface area (Å²) in [7, 11) is 1.87. The smallest absolute Gasteiger partial charge is 0.191 e. The fraction of sp³-hybridized carbons (Fsp3) is 0.400. The highest BCUT2D eigenvalue weighted by atomic mass is 32.2. The van der Waals surface area contributed by atoms with Crippen LogP contribution in [-0.4, -0.2) is 26.3 Å². The van der Waals surface area contributed by atoms with Gasteiger partial charge in [0.1, 0.15) is 6.33 Å². The number of aryl methyl sites for hydroxylation is 3. The van der Waals surface area contributed by atoms with Gasteiger partial charge in [0.05, 0.1) is 5.75 Å². The summed E-state index contributed by atoms with van der Waals surface area (Å²) in [5.41, 5.74) is 5.42. The van der Waals surface area contributed by atoms with Gasteiger partial charge in [0, 0.05) is 12.6 Å². The van der Waals surface area contributed by atoms with Crippen molar-refractivity contribution in [1.82, 2.24) is 14.8 Å². The maximum atomic E-state index is 12.5. The maximum Gasteiger partial charge on any atom is 0.191 e. The highest BCUT2D eigenvalue weighted by Crippen LogP contribution is 2.24. The molecule has 20 heavy (non-hydrogen) atoms. The van der Waals surface area contributed by atoms with Crippen LogP contribution in [0.2, 0.25) is 0 Å². The van der Waals surface area contributed by atoms with E-state index in [9.17, 15) is 4.79 Å². The predicted octanol–water partition coefficient (Wildman–Crippen LogP) is 3.02. The minimum absolute atomic E-state index is 0.149. The van der Waals surface area contributed by atoms with Gasteiger partial charge in [-0.1, -0.05) is 17.8 Å². The first-order valence-corrected chi connectivity index (χ1v) is 7.47. The van der Waals surface area contributed by atoms with Gasteiger partial charge in [0.2, 0.25) is 0 Å². The molecule has 1 heterocycles. The molecule has 0 radical (unpaired) electrons. The van der Waals surface area contributed by atoms with E-state index in [1.807, 2.05) is 25.5 Å². The molecule has 0 bridgehead atoms. The van der Waals surface area contributed by atoms with Crippen molar-refractivity contribution >= 4 is 17.5 Å². The Hall–Kier alpha value is -1.62. The zero-order chi connectivity index (χ0) is 14.9. The third-order valence-corrected chi connectivity index (χ3v) is 4.67. The van der Waals surface area contributed by atoms with Crippen molar-refractivity contribution in [3.05, 3.63) is 40.2 Å². The van der Waals surface area contributed by atoms with E-state index < -0.39 is 0 Å². The van der Waals surface area contributed by atoms with E-state index in [2.05, 4.69) is 30.1 Å². The lowest BCUT2D eigenvalue weighted by Crippen LogP contribution is -2.10. The molecule has 0 spiro atoms. The molecular weight excluding hydrogens is 270 g/mol. The van der Waals surface area contributed by atoms with Gasteiger partial charge in [-0.25, -0.2) is 0 Å². The molecule has 0 N–H and O–H groups in total. The van der Waals surface area contributed by atoms with Crippen LogP contribution < -0.4 is 0 Å². The van der Waals surface area contributed by atoms with Gasteiger partial charge in [-0.05, 0) is 49.9 Å². The Morgan fingerprint density at radius 1 is 1.20 bits per heavy atom. The fourth-order valence-electron chi connectivity index (χ4n) is 2.32. The molecule has 0 aliphatic carbocycles. The van der Waals surface area contributed by atoms with Crippen LogP contribution in [0.1, 0.15) is 32.6 Å². The summed E-state index contributed by atoms with van der Waals surface area (Å²) in [6.07, 6.45) is 1.64. The third-order valence-electron chi connectivity index (χ3n) is 3.64. The second-order valence-electron chi connectivity index (χ2n) is 5.07. The van der Waals surface area contributed by atoms with E-state index in [-0.39, 0.29) is 5.78 Å². The molecule has 0 unspecified atom stereocenters. The molecule has 4 nitrogen and oxygen atoms in total. The van der Waals surface area contributed by atoms with E-state index >= 15 is 0 Å². The first-order valence-electron chi connectivity index (χ1n) is 6.49. The van der Waals surface area contributed by atoms with Crippen LogP contribution in [0.15, 0.2) is 17.6 Å². The van der Waals surface area contributed by atoms with Gasteiger partial charge in [0.15, 0.2) is 10.9 Å². The first-order chi connectivity index (χ1) is 9.41. The molecule has 2 rings (SSSR count). The molecule has 0 atom stereocenters. The van der Waals surface area contributed by atoms with Gasteiger partial charge in [-0.15, -0.1) is 10.2 Å². The lowest BCUT2D eigenvalue weighted by atomic mass is 9.92. The molecule has 0 saturated carbocycles. The number of hydrogen-bond acceptors (Lipinski definition) is 4. The minimum atomic E-state index is 0.149. The van der Waals surface area contributed by atoms with Gasteiger partial charge < -0.3 is 4.57 Å². The average Bonchev–Trinajstić information content (AvgIpc) is 2.79. The number of carbonyl (C=O) groups is 1. The molecule has 0 fully saturated rings. The predicted molar refractivity (Wildman–Crippen MR) is 81.4 cm³/mol. The van der Waals surface area contributed by atoms with Gasteiger partial charge in [0.25, 0.3) is 0 Å². The SMILES string of the molecule is Cc1cc(C)c(C(=O)CSc2nncn2C)c(C)c1C. The standard InChI is InChI=1S/C15H19N3OS/c1-9-6-10(2)14(12(4)11(9)3)13(19)7-20-15-17-16-8-18(15)5/h6,8H,7H2,1-5H3. The number of hydrogen-bond donors (Lipinski definition) is 0. The average molecular weight is 289 g/mol. The molecule has 0 saturated heterocycles. The van der Waals surface area contributed by atoms with Crippen molar-refractivity contribution in [3.63, 3.8) is 0 Å². The molecule has 2 aromatic rings. The van der Waals surface area contributed by atoms with Crippen molar-refractivity contribution in [2.75, 3.05) is 5.75 Å². The Morgan fingerprint density at radius 3 is 2.50 bits per heavy atom. The number of aromatic nitrogens is 3. The molecular formula is C15H19N3OS. The lowest BCUT2D eigenvalue weighted by Gasteiger charge is -2.13. The number of ketones is 1. The van der Waals surface area contributed by atoms with Crippen LogP contribution in [0.25, 0.3) is 0 Å². The summed E-state index contributed by atoms with van der Waals surface area (Å²) in [4.78, 5) is 12.5. The van der Waals surface area contributed by atoms with Gasteiger partial charge in [-0.3, -0.25) is 4.79 Å². The number of benzene rings is 1. The highest BCUT2D eigenvalue weighted by Gasteiger charge is 2.16. The van der Waals surface area contributed by atoms with Gasteiger partial charge in [-0.2, -0.15) is 0 Å². The number of thioether (sulfide) groups is 1. The van der Waals surface area contributed by atoms with Crippen molar-refractivity contribution in [3.8, 4) is 0 Å². The lowest BCUT2D eigenvalue weighted by molar-refractivity contribution is 0.102. The Kier molecular flexibility index (Phi) is 4.28. The van der Waals surface area contributed by atoms with E-state index in [0.717, 1.165) is 21.8 Å². The zero-order valence-corrected chi connectivity index (χ0v) is 13.3. The van der Waals surface area contributed by atoms with Crippen LogP contribution in [-0.2, 0) is 7.05 Å². The molecule has 1 aromatic carbocycles. The van der Waals surface area contributed by atoms with Crippen LogP contribution in [0, 0.1) is 27.7 Å². The number of Topliss-reactive ketones (excluding diaryl/α,β-unsaturated/α-hetero) is 1. The van der Waals surface area contributed by atoms with E-state index in [0.29, 0.717) is 5.75 Å². The summed E-state index contributed by atoms with van der Waals surface area (Å²) in [6.45, 7) is 8.17. The van der Waals surface area contributed by atoms with Crippen molar-refractivity contribution in [1.29, 1.82) is 0 Å². The minimum Gasteiger partial charge on any atom is -0.312 e. The topological polar surface area (TPSA) is 47.8 Å². The second-order valence-corrected chi connectivity index (χ2v) is 6.01. The van der Waals surface area contributed by atoms with Crippen molar-refractivity contribution < 1.29 is 4.79 Å². The Balaban J connectivity index is 2.22. The molecule has 0 amide bonds. The summed E-state index contributed by atoms with van der Waals surface area (Å²) in [5, 5.41) is 8.56. The van der Waals surface area contributed by atoms with Gasteiger partial charge >= 0.3 is 0 Å². The number of nitrogens with zero attached hydrogens (tertiary/aromatic N) is 3. The zero-order valence-electron chi connectivity index (χ0n) is 12.5. The van der Waals surface area contributed by atoms with Crippen molar-refractivity contribution in [2.24, 2.45) is 7.05 Å². The highest BCUT2D eigenvalue weighted by molar-refractivity contribution is 7.99. The van der Waals surface area contributed by atoms with Crippen LogP contribution in [0.5, 0.6) is 0 Å². The quantitative estimate of drug-likeness (QED) is 0.641. The van der Waals surface area contributed by atoms with Crippen LogP contribution >= 0.6 is 11.8 Å². The van der Waals surface area contributed by atoms with Crippen molar-refractivity contribution in [2.45, 2.75) is 32.9 Å². The number of rotatable bonds is 4. The molecule has 1 aromatic heterocycles. The van der Waals surface area contributed by atoms with Crippen LogP contribution in [0.3, 0.4) is 0 Å². The van der Waals surface area contributed by atoms with E-state index in [1.165, 1.54) is 22.9 Å². The van der Waals surface area contributed by atoms with Crippen LogP contribution in [0.4, 0.5) is 0 Å². The molecule has 106 valence electrons. The molecule has 5 heteroatoms. The van der Waals surface area contributed by atoms with E-state index in [1.54, 1.807) is 6.33 Å². The maximum absolute atomic E-state index is 12.5.